The molecule has 1 amide bonds. The molecule has 8 heteroatoms. The molecule has 5 N–H and O–H groups in total. The first-order valence-electron chi connectivity index (χ1n) is 9.56. The van der Waals surface area contributed by atoms with Crippen LogP contribution in [-0.4, -0.2) is 51.9 Å². The summed E-state index contributed by atoms with van der Waals surface area (Å²) in [7, 11) is 0. The fraction of sp³-hybridized carbons (Fsp3) is 0.722. The minimum Gasteiger partial charge on any atom is -0.391 e. The molecule has 144 valence electrons. The van der Waals surface area contributed by atoms with E-state index in [2.05, 4.69) is 20.6 Å². The first kappa shape index (κ1) is 18.8. The average molecular weight is 363 g/mol. The molecule has 2 aliphatic rings. The molecule has 0 radical (unpaired) electrons. The second-order valence-electron chi connectivity index (χ2n) is 7.14. The van der Waals surface area contributed by atoms with Gasteiger partial charge in [0.25, 0.3) is 5.91 Å². The van der Waals surface area contributed by atoms with E-state index in [4.69, 9.17) is 10.5 Å². The summed E-state index contributed by atoms with van der Waals surface area (Å²) in [6, 6.07) is 0.175. The third-order valence-corrected chi connectivity index (χ3v) is 5.27. The summed E-state index contributed by atoms with van der Waals surface area (Å²) >= 11 is 0. The van der Waals surface area contributed by atoms with Gasteiger partial charge < -0.3 is 26.2 Å². The number of anilines is 2. The number of carbonyl (C=O) groups is 1. The van der Waals surface area contributed by atoms with Crippen LogP contribution in [0.3, 0.4) is 0 Å². The third kappa shape index (κ3) is 4.62. The average Bonchev–Trinajstić information content (AvgIpc) is 3.02. The fourth-order valence-corrected chi connectivity index (χ4v) is 3.82. The standard InChI is InChI=1S/C18H29N5O3/c1-2-26-12-8-6-11(7-9-12)21-18-20-10-13(16(19)25)17(23-18)22-14-4-3-5-15(14)24/h10-12,14-15,24H,2-9H2,1H3,(H2,19,25)(H2,20,21,22,23). The number of amides is 1. The minimum absolute atomic E-state index is 0.113. The Labute approximate surface area is 153 Å². The van der Waals surface area contributed by atoms with Gasteiger partial charge in [0.05, 0.1) is 23.8 Å². The van der Waals surface area contributed by atoms with Crippen LogP contribution >= 0.6 is 0 Å². The Morgan fingerprint density at radius 2 is 2.04 bits per heavy atom. The quantitative estimate of drug-likeness (QED) is 0.581. The lowest BCUT2D eigenvalue weighted by Gasteiger charge is -2.29. The number of nitrogens with one attached hydrogen (secondary N) is 2. The van der Waals surface area contributed by atoms with Crippen LogP contribution in [-0.2, 0) is 4.74 Å². The number of nitrogens with zero attached hydrogens (tertiary/aromatic N) is 2. The third-order valence-electron chi connectivity index (χ3n) is 5.27. The highest BCUT2D eigenvalue weighted by atomic mass is 16.5. The molecule has 2 fully saturated rings. The second kappa shape index (κ2) is 8.64. The molecular formula is C18H29N5O3. The van der Waals surface area contributed by atoms with Crippen molar-refractivity contribution in [3.63, 3.8) is 0 Å². The first-order chi connectivity index (χ1) is 12.6. The van der Waals surface area contributed by atoms with Crippen LogP contribution in [0.25, 0.3) is 0 Å². The molecular weight excluding hydrogens is 334 g/mol. The monoisotopic (exact) mass is 363 g/mol. The molecule has 0 spiro atoms. The molecule has 2 atom stereocenters. The van der Waals surface area contributed by atoms with Gasteiger partial charge in [0.2, 0.25) is 5.95 Å². The second-order valence-corrected chi connectivity index (χ2v) is 7.14. The van der Waals surface area contributed by atoms with Gasteiger partial charge in [-0.25, -0.2) is 4.98 Å². The Bertz CT molecular complexity index is 619. The number of ether oxygens (including phenoxy) is 1. The van der Waals surface area contributed by atoms with Crippen molar-refractivity contribution >= 4 is 17.7 Å². The Kier molecular flexibility index (Phi) is 6.26. The first-order valence-corrected chi connectivity index (χ1v) is 9.56. The summed E-state index contributed by atoms with van der Waals surface area (Å²) in [4.78, 5) is 20.4. The van der Waals surface area contributed by atoms with Crippen molar-refractivity contribution in [3.05, 3.63) is 11.8 Å². The Morgan fingerprint density at radius 3 is 2.65 bits per heavy atom. The Balaban J connectivity index is 1.66. The lowest BCUT2D eigenvalue weighted by Crippen LogP contribution is -2.32. The predicted molar refractivity (Wildman–Crippen MR) is 99.1 cm³/mol. The zero-order valence-electron chi connectivity index (χ0n) is 15.3. The molecule has 26 heavy (non-hydrogen) atoms. The van der Waals surface area contributed by atoms with Crippen molar-refractivity contribution in [1.29, 1.82) is 0 Å². The van der Waals surface area contributed by atoms with Crippen LogP contribution in [0.1, 0.15) is 62.2 Å². The maximum Gasteiger partial charge on any atom is 0.254 e. The van der Waals surface area contributed by atoms with E-state index in [0.717, 1.165) is 51.6 Å². The number of carbonyl (C=O) groups excluding carboxylic acids is 1. The molecule has 0 saturated heterocycles. The summed E-state index contributed by atoms with van der Waals surface area (Å²) < 4.78 is 5.68. The van der Waals surface area contributed by atoms with Gasteiger partial charge in [-0.05, 0) is 51.9 Å². The number of aromatic nitrogens is 2. The molecule has 0 aliphatic heterocycles. The van der Waals surface area contributed by atoms with Crippen molar-refractivity contribution in [1.82, 2.24) is 9.97 Å². The van der Waals surface area contributed by atoms with E-state index in [1.54, 1.807) is 0 Å². The van der Waals surface area contributed by atoms with Crippen molar-refractivity contribution in [2.24, 2.45) is 5.73 Å². The van der Waals surface area contributed by atoms with E-state index < -0.39 is 12.0 Å². The molecule has 0 bridgehead atoms. The predicted octanol–water partition coefficient (Wildman–Crippen LogP) is 1.66. The number of primary amides is 1. The van der Waals surface area contributed by atoms with Crippen LogP contribution in [0.5, 0.6) is 0 Å². The highest BCUT2D eigenvalue weighted by molar-refractivity contribution is 5.97. The molecule has 0 aromatic carbocycles. The number of hydrogen-bond acceptors (Lipinski definition) is 7. The van der Waals surface area contributed by atoms with Gasteiger partial charge in [-0.2, -0.15) is 4.98 Å². The van der Waals surface area contributed by atoms with Gasteiger partial charge in [-0.1, -0.05) is 0 Å². The number of rotatable bonds is 7. The van der Waals surface area contributed by atoms with Gasteiger partial charge in [0.1, 0.15) is 5.82 Å². The van der Waals surface area contributed by atoms with E-state index in [1.807, 2.05) is 6.92 Å². The summed E-state index contributed by atoms with van der Waals surface area (Å²) in [5.74, 6) is 0.289. The summed E-state index contributed by atoms with van der Waals surface area (Å²) in [6.07, 6.45) is 7.93. The smallest absolute Gasteiger partial charge is 0.254 e. The lowest BCUT2D eigenvalue weighted by molar-refractivity contribution is 0.0346. The molecule has 2 saturated carbocycles. The molecule has 2 unspecified atom stereocenters. The molecule has 3 rings (SSSR count). The molecule has 1 aromatic heterocycles. The Morgan fingerprint density at radius 1 is 1.27 bits per heavy atom. The maximum atomic E-state index is 11.7. The van der Waals surface area contributed by atoms with Gasteiger partial charge in [0, 0.05) is 18.8 Å². The van der Waals surface area contributed by atoms with Gasteiger partial charge in [-0.3, -0.25) is 4.79 Å². The fourth-order valence-electron chi connectivity index (χ4n) is 3.82. The van der Waals surface area contributed by atoms with E-state index in [9.17, 15) is 9.90 Å². The van der Waals surface area contributed by atoms with E-state index in [1.165, 1.54) is 6.20 Å². The van der Waals surface area contributed by atoms with Crippen molar-refractivity contribution < 1.29 is 14.6 Å². The summed E-state index contributed by atoms with van der Waals surface area (Å²) in [5.41, 5.74) is 5.69. The topological polar surface area (TPSA) is 122 Å². The number of hydrogen-bond donors (Lipinski definition) is 4. The number of aliphatic hydroxyl groups excluding tert-OH is 1. The van der Waals surface area contributed by atoms with Gasteiger partial charge >= 0.3 is 0 Å². The van der Waals surface area contributed by atoms with E-state index in [0.29, 0.717) is 17.9 Å². The van der Waals surface area contributed by atoms with Crippen LogP contribution in [0.4, 0.5) is 11.8 Å². The van der Waals surface area contributed by atoms with E-state index >= 15 is 0 Å². The zero-order valence-corrected chi connectivity index (χ0v) is 15.3. The van der Waals surface area contributed by atoms with Crippen LogP contribution < -0.4 is 16.4 Å². The molecule has 1 heterocycles. The van der Waals surface area contributed by atoms with Crippen LogP contribution in [0, 0.1) is 0 Å². The van der Waals surface area contributed by atoms with Crippen molar-refractivity contribution in [2.75, 3.05) is 17.2 Å². The minimum atomic E-state index is -0.580. The van der Waals surface area contributed by atoms with Crippen LogP contribution in [0.15, 0.2) is 6.20 Å². The lowest BCUT2D eigenvalue weighted by atomic mass is 9.93. The highest BCUT2D eigenvalue weighted by Crippen LogP contribution is 2.26. The van der Waals surface area contributed by atoms with Gasteiger partial charge in [0.15, 0.2) is 0 Å². The Hall–Kier alpha value is -1.93. The number of aliphatic hydroxyl groups is 1. The molecule has 2 aliphatic carbocycles. The normalized spacial score (nSPS) is 28.7. The maximum absolute atomic E-state index is 11.7. The van der Waals surface area contributed by atoms with Crippen molar-refractivity contribution in [3.8, 4) is 0 Å². The SMILES string of the molecule is CCOC1CCC(Nc2ncc(C(N)=O)c(NC3CCCC3O)n2)CC1. The number of nitrogens with two attached hydrogens (primary N) is 1. The summed E-state index contributed by atoms with van der Waals surface area (Å²) in [5, 5.41) is 16.6. The van der Waals surface area contributed by atoms with Crippen LogP contribution in [0.2, 0.25) is 0 Å². The summed E-state index contributed by atoms with van der Waals surface area (Å²) in [6.45, 7) is 2.77. The highest BCUT2D eigenvalue weighted by Gasteiger charge is 2.27. The molecule has 8 nitrogen and oxygen atoms in total. The zero-order chi connectivity index (χ0) is 18.5. The largest absolute Gasteiger partial charge is 0.391 e. The van der Waals surface area contributed by atoms with Gasteiger partial charge in [-0.15, -0.1) is 0 Å². The molecule has 1 aromatic rings. The van der Waals surface area contributed by atoms with Crippen molar-refractivity contribution in [2.45, 2.75) is 76.2 Å². The van der Waals surface area contributed by atoms with E-state index in [-0.39, 0.29) is 17.6 Å².